The topological polar surface area (TPSA) is 55.8 Å². The summed E-state index contributed by atoms with van der Waals surface area (Å²) in [7, 11) is 0. The van der Waals surface area contributed by atoms with Gasteiger partial charge >= 0.3 is 5.97 Å². The number of amides is 1. The molecule has 0 N–H and O–H groups in total. The van der Waals surface area contributed by atoms with Crippen molar-refractivity contribution in [3.8, 4) is 0 Å². The lowest BCUT2D eigenvalue weighted by Crippen LogP contribution is -2.44. The summed E-state index contributed by atoms with van der Waals surface area (Å²) in [5.41, 5.74) is 0. The Balaban J connectivity index is 1.98. The van der Waals surface area contributed by atoms with Crippen LogP contribution in [0.2, 0.25) is 0 Å². The van der Waals surface area contributed by atoms with Crippen LogP contribution >= 0.6 is 0 Å². The van der Waals surface area contributed by atoms with Gasteiger partial charge in [-0.15, -0.1) is 0 Å². The van der Waals surface area contributed by atoms with Crippen LogP contribution in [0.1, 0.15) is 33.1 Å². The van der Waals surface area contributed by atoms with E-state index in [-0.39, 0.29) is 29.9 Å². The molecule has 2 aliphatic heterocycles. The van der Waals surface area contributed by atoms with E-state index in [0.717, 1.165) is 12.8 Å². The van der Waals surface area contributed by atoms with Gasteiger partial charge in [-0.1, -0.05) is 0 Å². The number of rotatable bonds is 3. The van der Waals surface area contributed by atoms with Crippen LogP contribution in [0.3, 0.4) is 0 Å². The summed E-state index contributed by atoms with van der Waals surface area (Å²) < 4.78 is 10.5. The molecule has 0 bridgehead atoms. The van der Waals surface area contributed by atoms with Crippen molar-refractivity contribution in [3.63, 3.8) is 0 Å². The monoisotopic (exact) mass is 255 g/mol. The molecule has 102 valence electrons. The second-order valence-corrected chi connectivity index (χ2v) is 5.02. The molecule has 0 aliphatic carbocycles. The predicted molar refractivity (Wildman–Crippen MR) is 64.9 cm³/mol. The molecule has 0 aromatic rings. The predicted octanol–water partition coefficient (Wildman–Crippen LogP) is 0.965. The molecule has 1 amide bonds. The molecule has 0 aromatic heterocycles. The number of hydrogen-bond acceptors (Lipinski definition) is 4. The minimum atomic E-state index is -0.381. The maximum Gasteiger partial charge on any atom is 0.328 e. The molecular weight excluding hydrogens is 234 g/mol. The van der Waals surface area contributed by atoms with Gasteiger partial charge < -0.3 is 14.4 Å². The number of esters is 1. The zero-order valence-electron chi connectivity index (χ0n) is 11.1. The molecule has 5 nitrogen and oxygen atoms in total. The van der Waals surface area contributed by atoms with Crippen LogP contribution < -0.4 is 0 Å². The quantitative estimate of drug-likeness (QED) is 0.705. The van der Waals surface area contributed by atoms with Crippen molar-refractivity contribution in [1.29, 1.82) is 0 Å². The molecular formula is C13H21NO4. The number of ether oxygens (including phenoxy) is 2. The summed E-state index contributed by atoms with van der Waals surface area (Å²) >= 11 is 0. The molecule has 5 heteroatoms. The highest BCUT2D eigenvalue weighted by Crippen LogP contribution is 2.26. The van der Waals surface area contributed by atoms with E-state index >= 15 is 0 Å². The first-order valence-corrected chi connectivity index (χ1v) is 6.72. The maximum absolute atomic E-state index is 12.4. The maximum atomic E-state index is 12.4. The Morgan fingerprint density at radius 1 is 1.44 bits per heavy atom. The number of carbonyl (C=O) groups is 2. The summed E-state index contributed by atoms with van der Waals surface area (Å²) in [6, 6.07) is -0.381. The average Bonchev–Trinajstić information content (AvgIpc) is 2.96. The lowest BCUT2D eigenvalue weighted by atomic mass is 10.0. The second kappa shape index (κ2) is 5.69. The van der Waals surface area contributed by atoms with Crippen LogP contribution in [0.25, 0.3) is 0 Å². The first kappa shape index (κ1) is 13.3. The van der Waals surface area contributed by atoms with E-state index in [4.69, 9.17) is 9.47 Å². The Morgan fingerprint density at radius 2 is 2.22 bits per heavy atom. The number of hydrogen-bond donors (Lipinski definition) is 0. The Morgan fingerprint density at radius 3 is 2.83 bits per heavy atom. The van der Waals surface area contributed by atoms with Gasteiger partial charge in [0.05, 0.1) is 25.2 Å². The summed E-state index contributed by atoms with van der Waals surface area (Å²) in [6.45, 7) is 5.26. The zero-order valence-corrected chi connectivity index (χ0v) is 11.1. The first-order valence-electron chi connectivity index (χ1n) is 6.72. The van der Waals surface area contributed by atoms with Crippen LogP contribution in [0.15, 0.2) is 0 Å². The summed E-state index contributed by atoms with van der Waals surface area (Å²) in [5, 5.41) is 0. The van der Waals surface area contributed by atoms with Crippen molar-refractivity contribution in [3.05, 3.63) is 0 Å². The Labute approximate surface area is 107 Å². The Hall–Kier alpha value is -1.10. The van der Waals surface area contributed by atoms with E-state index in [1.54, 1.807) is 11.8 Å². The van der Waals surface area contributed by atoms with Gasteiger partial charge in [0.15, 0.2) is 0 Å². The molecule has 0 radical (unpaired) electrons. The first-order chi connectivity index (χ1) is 8.63. The molecule has 3 unspecified atom stereocenters. The lowest BCUT2D eigenvalue weighted by Gasteiger charge is -2.25. The average molecular weight is 255 g/mol. The third-order valence-corrected chi connectivity index (χ3v) is 3.64. The van der Waals surface area contributed by atoms with Crippen LogP contribution in [-0.4, -0.2) is 48.7 Å². The fourth-order valence-electron chi connectivity index (χ4n) is 2.74. The van der Waals surface area contributed by atoms with Crippen LogP contribution in [0.4, 0.5) is 0 Å². The van der Waals surface area contributed by atoms with Crippen LogP contribution in [-0.2, 0) is 19.1 Å². The van der Waals surface area contributed by atoms with Gasteiger partial charge in [-0.25, -0.2) is 4.79 Å². The van der Waals surface area contributed by atoms with Crippen molar-refractivity contribution in [2.24, 2.45) is 5.92 Å². The van der Waals surface area contributed by atoms with Gasteiger partial charge in [-0.05, 0) is 33.1 Å². The second-order valence-electron chi connectivity index (χ2n) is 5.02. The molecule has 0 saturated carbocycles. The lowest BCUT2D eigenvalue weighted by molar-refractivity contribution is -0.154. The van der Waals surface area contributed by atoms with Gasteiger partial charge in [-0.3, -0.25) is 4.79 Å². The molecule has 2 heterocycles. The number of carbonyl (C=O) groups excluding carboxylic acids is 2. The van der Waals surface area contributed by atoms with Crippen LogP contribution in [0.5, 0.6) is 0 Å². The SMILES string of the molecule is CCOC(=O)C1CCCN1C(=O)C1COC(C)C1. The molecule has 0 spiro atoms. The van der Waals surface area contributed by atoms with Crippen molar-refractivity contribution >= 4 is 11.9 Å². The normalized spacial score (nSPS) is 31.7. The van der Waals surface area contributed by atoms with E-state index in [9.17, 15) is 9.59 Å². The van der Waals surface area contributed by atoms with E-state index in [1.807, 2.05) is 6.92 Å². The standard InChI is InChI=1S/C13H21NO4/c1-3-17-13(16)11-5-4-6-14(11)12(15)10-7-9(2)18-8-10/h9-11H,3-8H2,1-2H3. The number of nitrogens with zero attached hydrogens (tertiary/aromatic N) is 1. The number of likely N-dealkylation sites (tertiary alicyclic amines) is 1. The van der Waals surface area contributed by atoms with E-state index in [0.29, 0.717) is 26.2 Å². The van der Waals surface area contributed by atoms with Gasteiger partial charge in [0.25, 0.3) is 0 Å². The Bertz CT molecular complexity index is 331. The van der Waals surface area contributed by atoms with E-state index in [2.05, 4.69) is 0 Å². The minimum Gasteiger partial charge on any atom is -0.464 e. The highest BCUT2D eigenvalue weighted by Gasteiger charge is 2.39. The fraction of sp³-hybridized carbons (Fsp3) is 0.846. The molecule has 2 saturated heterocycles. The van der Waals surface area contributed by atoms with Crippen molar-refractivity contribution in [2.75, 3.05) is 19.8 Å². The third kappa shape index (κ3) is 2.66. The highest BCUT2D eigenvalue weighted by atomic mass is 16.5. The largest absolute Gasteiger partial charge is 0.464 e. The molecule has 2 fully saturated rings. The highest BCUT2D eigenvalue weighted by molar-refractivity contribution is 5.86. The van der Waals surface area contributed by atoms with Gasteiger partial charge in [0, 0.05) is 6.54 Å². The van der Waals surface area contributed by atoms with E-state index < -0.39 is 0 Å². The van der Waals surface area contributed by atoms with Gasteiger partial charge in [0.1, 0.15) is 6.04 Å². The van der Waals surface area contributed by atoms with Crippen molar-refractivity contribution < 1.29 is 19.1 Å². The molecule has 2 aliphatic rings. The fourth-order valence-corrected chi connectivity index (χ4v) is 2.74. The molecule has 3 atom stereocenters. The van der Waals surface area contributed by atoms with Crippen molar-refractivity contribution in [2.45, 2.75) is 45.3 Å². The molecule has 0 aromatic carbocycles. The van der Waals surface area contributed by atoms with Crippen LogP contribution in [0, 0.1) is 5.92 Å². The molecule has 2 rings (SSSR count). The van der Waals surface area contributed by atoms with E-state index in [1.165, 1.54) is 0 Å². The Kier molecular flexibility index (Phi) is 4.22. The minimum absolute atomic E-state index is 0.0508. The third-order valence-electron chi connectivity index (χ3n) is 3.64. The summed E-state index contributed by atoms with van der Waals surface area (Å²) in [4.78, 5) is 25.8. The zero-order chi connectivity index (χ0) is 13.1. The van der Waals surface area contributed by atoms with Gasteiger partial charge in [0.2, 0.25) is 5.91 Å². The summed E-state index contributed by atoms with van der Waals surface area (Å²) in [6.07, 6.45) is 2.49. The summed E-state index contributed by atoms with van der Waals surface area (Å²) in [5.74, 6) is -0.305. The smallest absolute Gasteiger partial charge is 0.328 e. The van der Waals surface area contributed by atoms with Crippen molar-refractivity contribution in [1.82, 2.24) is 4.90 Å². The molecule has 18 heavy (non-hydrogen) atoms. The van der Waals surface area contributed by atoms with Gasteiger partial charge in [-0.2, -0.15) is 0 Å².